The molecular formula is C20H17IO4. The van der Waals surface area contributed by atoms with E-state index in [-0.39, 0.29) is 12.2 Å². The maximum atomic E-state index is 12.2. The van der Waals surface area contributed by atoms with Gasteiger partial charge in [0, 0.05) is 27.0 Å². The number of fused-ring (bicyclic) bond motifs is 1. The van der Waals surface area contributed by atoms with Crippen LogP contribution < -0.4 is 10.4 Å². The Morgan fingerprint density at radius 1 is 1.20 bits per heavy atom. The summed E-state index contributed by atoms with van der Waals surface area (Å²) in [5.41, 5.74) is 2.28. The molecule has 2 aromatic carbocycles. The normalized spacial score (nSPS) is 10.8. The molecule has 25 heavy (non-hydrogen) atoms. The molecule has 3 aromatic rings. The number of rotatable bonds is 5. The lowest BCUT2D eigenvalue weighted by Gasteiger charge is -2.10. The molecule has 0 atom stereocenters. The van der Waals surface area contributed by atoms with Crippen LogP contribution in [0.25, 0.3) is 11.0 Å². The van der Waals surface area contributed by atoms with Gasteiger partial charge in [0.05, 0.1) is 0 Å². The lowest BCUT2D eigenvalue weighted by atomic mass is 10.0. The van der Waals surface area contributed by atoms with Gasteiger partial charge in [0.2, 0.25) is 0 Å². The van der Waals surface area contributed by atoms with Crippen molar-refractivity contribution in [3.8, 4) is 5.75 Å². The van der Waals surface area contributed by atoms with Crippen LogP contribution in [0.15, 0.2) is 51.7 Å². The van der Waals surface area contributed by atoms with Crippen LogP contribution in [0.1, 0.15) is 23.6 Å². The fraction of sp³-hybridized carbons (Fsp3) is 0.200. The number of Topliss-reactive ketones (excluding diaryl/α,β-unsaturated/α-hetero) is 1. The van der Waals surface area contributed by atoms with Gasteiger partial charge in [-0.05, 0) is 71.8 Å². The highest BCUT2D eigenvalue weighted by Crippen LogP contribution is 2.25. The van der Waals surface area contributed by atoms with Crippen LogP contribution in [0, 0.1) is 10.5 Å². The maximum Gasteiger partial charge on any atom is 0.340 e. The summed E-state index contributed by atoms with van der Waals surface area (Å²) in [7, 11) is 0. The number of carbonyl (C=O) groups is 1. The highest BCUT2D eigenvalue weighted by Gasteiger charge is 2.13. The molecule has 0 saturated heterocycles. The molecule has 0 fully saturated rings. The van der Waals surface area contributed by atoms with E-state index in [1.807, 2.05) is 37.3 Å². The number of halogens is 1. The maximum absolute atomic E-state index is 12.2. The van der Waals surface area contributed by atoms with Crippen molar-refractivity contribution >= 4 is 39.3 Å². The number of ether oxygens (including phenoxy) is 1. The van der Waals surface area contributed by atoms with E-state index in [0.717, 1.165) is 20.1 Å². The topological polar surface area (TPSA) is 56.5 Å². The molecule has 0 spiro atoms. The fourth-order valence-electron chi connectivity index (χ4n) is 2.71. The summed E-state index contributed by atoms with van der Waals surface area (Å²) >= 11 is 2.26. The minimum absolute atomic E-state index is 0.0628. The van der Waals surface area contributed by atoms with Crippen LogP contribution in [0.5, 0.6) is 5.75 Å². The molecule has 4 nitrogen and oxygen atoms in total. The largest absolute Gasteiger partial charge is 0.489 e. The number of aryl methyl sites for hydroxylation is 1. The summed E-state index contributed by atoms with van der Waals surface area (Å²) in [5.74, 6) is 0.570. The minimum atomic E-state index is -0.463. The zero-order valence-corrected chi connectivity index (χ0v) is 16.1. The van der Waals surface area contributed by atoms with Gasteiger partial charge in [0.25, 0.3) is 0 Å². The van der Waals surface area contributed by atoms with Gasteiger partial charge >= 0.3 is 5.63 Å². The Hall–Kier alpha value is -2.15. The highest BCUT2D eigenvalue weighted by atomic mass is 127. The van der Waals surface area contributed by atoms with Gasteiger partial charge in [-0.3, -0.25) is 4.79 Å². The van der Waals surface area contributed by atoms with E-state index in [4.69, 9.17) is 9.15 Å². The molecule has 0 amide bonds. The smallest absolute Gasteiger partial charge is 0.340 e. The van der Waals surface area contributed by atoms with E-state index in [2.05, 4.69) is 28.7 Å². The Balaban J connectivity index is 1.90. The van der Waals surface area contributed by atoms with E-state index in [0.29, 0.717) is 23.5 Å². The van der Waals surface area contributed by atoms with Gasteiger partial charge < -0.3 is 9.15 Å². The Morgan fingerprint density at radius 3 is 2.72 bits per heavy atom. The fourth-order valence-corrected chi connectivity index (χ4v) is 3.32. The summed E-state index contributed by atoms with van der Waals surface area (Å²) in [6, 6.07) is 13.5. The Morgan fingerprint density at radius 2 is 2.00 bits per heavy atom. The quantitative estimate of drug-likeness (QED) is 0.429. The molecule has 1 heterocycles. The van der Waals surface area contributed by atoms with Crippen LogP contribution in [0.3, 0.4) is 0 Å². The summed E-state index contributed by atoms with van der Waals surface area (Å²) in [6.07, 6.45) is 0.0923. The summed E-state index contributed by atoms with van der Waals surface area (Å²) in [4.78, 5) is 23.5. The average molecular weight is 448 g/mol. The van der Waals surface area contributed by atoms with E-state index in [1.54, 1.807) is 6.07 Å². The number of hydrogen-bond donors (Lipinski definition) is 0. The van der Waals surface area contributed by atoms with Crippen LogP contribution in [0.4, 0.5) is 0 Å². The van der Waals surface area contributed by atoms with Crippen molar-refractivity contribution in [2.45, 2.75) is 26.9 Å². The molecular weight excluding hydrogens is 431 g/mol. The number of ketones is 1. The summed E-state index contributed by atoms with van der Waals surface area (Å²) in [6.45, 7) is 3.74. The average Bonchev–Trinajstić information content (AvgIpc) is 2.56. The Labute approximate surface area is 158 Å². The third-order valence-electron chi connectivity index (χ3n) is 3.98. The monoisotopic (exact) mass is 448 g/mol. The van der Waals surface area contributed by atoms with Crippen molar-refractivity contribution in [1.82, 2.24) is 0 Å². The minimum Gasteiger partial charge on any atom is -0.489 e. The van der Waals surface area contributed by atoms with E-state index < -0.39 is 5.63 Å². The van der Waals surface area contributed by atoms with Crippen molar-refractivity contribution in [2.24, 2.45) is 0 Å². The number of benzene rings is 2. The molecule has 0 saturated carbocycles. The summed E-state index contributed by atoms with van der Waals surface area (Å²) < 4.78 is 12.4. The molecule has 3 rings (SSSR count). The first-order chi connectivity index (χ1) is 11.9. The molecule has 0 bridgehead atoms. The van der Waals surface area contributed by atoms with Gasteiger partial charge in [0.1, 0.15) is 23.7 Å². The first-order valence-corrected chi connectivity index (χ1v) is 8.95. The summed E-state index contributed by atoms with van der Waals surface area (Å²) in [5, 5.41) is 0.817. The van der Waals surface area contributed by atoms with Crippen molar-refractivity contribution in [2.75, 3.05) is 0 Å². The predicted octanol–water partition coefficient (Wildman–Crippen LogP) is 4.42. The third-order valence-corrected chi connectivity index (χ3v) is 4.65. The van der Waals surface area contributed by atoms with Gasteiger partial charge in [-0.15, -0.1) is 0 Å². The third kappa shape index (κ3) is 4.10. The van der Waals surface area contributed by atoms with E-state index in [9.17, 15) is 9.59 Å². The van der Waals surface area contributed by atoms with Crippen molar-refractivity contribution in [3.63, 3.8) is 0 Å². The lowest BCUT2D eigenvalue weighted by Crippen LogP contribution is -2.13. The van der Waals surface area contributed by atoms with Crippen LogP contribution in [0.2, 0.25) is 0 Å². The molecule has 0 aliphatic carbocycles. The van der Waals surface area contributed by atoms with Crippen LogP contribution in [-0.2, 0) is 17.8 Å². The van der Waals surface area contributed by atoms with Gasteiger partial charge in [-0.25, -0.2) is 4.79 Å². The SMILES string of the molecule is CC(=O)Cc1c(C)c2ccc(OCc3cccc(I)c3)cc2oc1=O. The van der Waals surface area contributed by atoms with Gasteiger partial charge in [-0.2, -0.15) is 0 Å². The Bertz CT molecular complexity index is 1000. The van der Waals surface area contributed by atoms with E-state index >= 15 is 0 Å². The van der Waals surface area contributed by atoms with Gasteiger partial charge in [-0.1, -0.05) is 12.1 Å². The first-order valence-electron chi connectivity index (χ1n) is 7.87. The number of hydrogen-bond acceptors (Lipinski definition) is 4. The zero-order valence-electron chi connectivity index (χ0n) is 14.0. The first kappa shape index (κ1) is 17.7. The molecule has 0 unspecified atom stereocenters. The second-order valence-corrected chi connectivity index (χ2v) is 7.19. The molecule has 1 aromatic heterocycles. The zero-order chi connectivity index (χ0) is 18.0. The standard InChI is InChI=1S/C20H17IO4/c1-12(22)8-18-13(2)17-7-6-16(10-19(17)25-20(18)23)24-11-14-4-3-5-15(21)9-14/h3-7,9-10H,8,11H2,1-2H3. The second-order valence-electron chi connectivity index (χ2n) is 5.95. The van der Waals surface area contributed by atoms with Crippen molar-refractivity contribution in [1.29, 1.82) is 0 Å². The predicted molar refractivity (Wildman–Crippen MR) is 105 cm³/mol. The molecule has 5 heteroatoms. The number of carbonyl (C=O) groups excluding carboxylic acids is 1. The molecule has 128 valence electrons. The second kappa shape index (κ2) is 7.39. The van der Waals surface area contributed by atoms with Crippen LogP contribution >= 0.6 is 22.6 Å². The molecule has 0 aliphatic rings. The Kier molecular flexibility index (Phi) is 5.22. The highest BCUT2D eigenvalue weighted by molar-refractivity contribution is 14.1. The van der Waals surface area contributed by atoms with Crippen molar-refractivity contribution in [3.05, 3.63) is 73.1 Å². The molecule has 0 N–H and O–H groups in total. The van der Waals surface area contributed by atoms with Crippen molar-refractivity contribution < 1.29 is 13.9 Å². The lowest BCUT2D eigenvalue weighted by molar-refractivity contribution is -0.116. The van der Waals surface area contributed by atoms with Crippen LogP contribution in [-0.4, -0.2) is 5.78 Å². The van der Waals surface area contributed by atoms with E-state index in [1.165, 1.54) is 6.92 Å². The molecule has 0 aliphatic heterocycles. The molecule has 0 radical (unpaired) electrons. The van der Waals surface area contributed by atoms with Gasteiger partial charge in [0.15, 0.2) is 0 Å².